The van der Waals surface area contributed by atoms with Crippen molar-refractivity contribution in [2.24, 2.45) is 0 Å². The van der Waals surface area contributed by atoms with Gasteiger partial charge in [0.05, 0.1) is 11.1 Å². The monoisotopic (exact) mass is 358 g/mol. The molecule has 0 spiro atoms. The number of fused-ring (bicyclic) bond motifs is 2. The maximum atomic E-state index is 13.0. The third-order valence-electron chi connectivity index (χ3n) is 4.19. The Morgan fingerprint density at radius 3 is 3.00 bits per heavy atom. The lowest BCUT2D eigenvalue weighted by Gasteiger charge is -2.12. The van der Waals surface area contributed by atoms with Gasteiger partial charge in [-0.15, -0.1) is 10.2 Å². The number of hydrogen-bond acceptors (Lipinski definition) is 5. The van der Waals surface area contributed by atoms with E-state index in [1.807, 2.05) is 19.1 Å². The van der Waals surface area contributed by atoms with E-state index in [9.17, 15) is 4.79 Å². The van der Waals surface area contributed by atoms with Crippen LogP contribution in [0.25, 0.3) is 10.9 Å². The summed E-state index contributed by atoms with van der Waals surface area (Å²) in [6.45, 7) is 2.01. The van der Waals surface area contributed by atoms with Gasteiger partial charge in [0.2, 0.25) is 5.13 Å². The molecule has 122 valence electrons. The molecule has 0 radical (unpaired) electrons. The second kappa shape index (κ2) is 6.11. The Morgan fingerprint density at radius 2 is 2.21 bits per heavy atom. The highest BCUT2D eigenvalue weighted by Crippen LogP contribution is 2.32. The number of aromatic nitrogens is 3. The van der Waals surface area contributed by atoms with Crippen LogP contribution in [0.1, 0.15) is 40.0 Å². The summed E-state index contributed by atoms with van der Waals surface area (Å²) < 4.78 is 0. The number of halogens is 1. The summed E-state index contributed by atoms with van der Waals surface area (Å²) in [6.07, 6.45) is 3.60. The second-order valence-corrected chi connectivity index (χ2v) is 7.23. The quantitative estimate of drug-likeness (QED) is 0.767. The molecular formula is C17H15ClN4OS. The number of carbonyl (C=O) groups is 1. The number of hydrogen-bond donors (Lipinski definition) is 1. The molecule has 1 aliphatic carbocycles. The third-order valence-corrected chi connectivity index (χ3v) is 5.41. The summed E-state index contributed by atoms with van der Waals surface area (Å²) in [5.74, 6) is -0.165. The minimum atomic E-state index is -0.165. The van der Waals surface area contributed by atoms with E-state index in [4.69, 9.17) is 16.6 Å². The standard InChI is InChI=1S/C17H15ClN4OS/c1-2-14-21-22-17(24-14)20-16(23)15-10-4-3-5-12(10)19-13-7-6-9(18)8-11(13)15/h6-8H,2-5H2,1H3,(H,20,22,23). The minimum Gasteiger partial charge on any atom is -0.296 e. The first-order valence-electron chi connectivity index (χ1n) is 7.90. The van der Waals surface area contributed by atoms with Crippen molar-refractivity contribution in [2.75, 3.05) is 5.32 Å². The van der Waals surface area contributed by atoms with Gasteiger partial charge in [0, 0.05) is 16.1 Å². The van der Waals surface area contributed by atoms with Crippen molar-refractivity contribution < 1.29 is 4.79 Å². The Balaban J connectivity index is 1.82. The molecule has 0 aliphatic heterocycles. The summed E-state index contributed by atoms with van der Waals surface area (Å²) >= 11 is 7.55. The van der Waals surface area contributed by atoms with Crippen LogP contribution in [0.3, 0.4) is 0 Å². The lowest BCUT2D eigenvalue weighted by Crippen LogP contribution is -2.15. The van der Waals surface area contributed by atoms with Crippen LogP contribution in [0.4, 0.5) is 5.13 Å². The van der Waals surface area contributed by atoms with Gasteiger partial charge in [-0.2, -0.15) is 0 Å². The molecule has 0 saturated carbocycles. The Morgan fingerprint density at radius 1 is 1.33 bits per heavy atom. The van der Waals surface area contributed by atoms with E-state index in [-0.39, 0.29) is 5.91 Å². The van der Waals surface area contributed by atoms with Crippen molar-refractivity contribution in [1.29, 1.82) is 0 Å². The third kappa shape index (κ3) is 2.65. The number of anilines is 1. The van der Waals surface area contributed by atoms with E-state index >= 15 is 0 Å². The molecule has 3 aromatic rings. The van der Waals surface area contributed by atoms with Gasteiger partial charge in [0.15, 0.2) is 0 Å². The second-order valence-electron chi connectivity index (χ2n) is 5.74. The number of amides is 1. The molecule has 0 fully saturated rings. The number of carbonyl (C=O) groups excluding carboxylic acids is 1. The molecule has 0 saturated heterocycles. The number of pyridine rings is 1. The first kappa shape index (κ1) is 15.5. The molecule has 4 rings (SSSR count). The van der Waals surface area contributed by atoms with Crippen LogP contribution in [-0.2, 0) is 19.3 Å². The van der Waals surface area contributed by atoms with Crippen LogP contribution in [0, 0.1) is 0 Å². The highest BCUT2D eigenvalue weighted by molar-refractivity contribution is 7.15. The predicted molar refractivity (Wildman–Crippen MR) is 96.0 cm³/mol. The summed E-state index contributed by atoms with van der Waals surface area (Å²) in [7, 11) is 0. The molecule has 5 nitrogen and oxygen atoms in total. The molecule has 1 N–H and O–H groups in total. The van der Waals surface area contributed by atoms with Crippen molar-refractivity contribution in [1.82, 2.24) is 15.2 Å². The van der Waals surface area contributed by atoms with Crippen LogP contribution in [0.2, 0.25) is 5.02 Å². The summed E-state index contributed by atoms with van der Waals surface area (Å²) in [5.41, 5.74) is 3.52. The molecule has 1 aliphatic rings. The van der Waals surface area contributed by atoms with Crippen molar-refractivity contribution in [3.8, 4) is 0 Å². The smallest absolute Gasteiger partial charge is 0.258 e. The molecule has 2 heterocycles. The number of nitrogens with one attached hydrogen (secondary N) is 1. The fourth-order valence-electron chi connectivity index (χ4n) is 3.10. The largest absolute Gasteiger partial charge is 0.296 e. The zero-order valence-electron chi connectivity index (χ0n) is 13.1. The zero-order chi connectivity index (χ0) is 16.7. The topological polar surface area (TPSA) is 67.8 Å². The van der Waals surface area contributed by atoms with Crippen molar-refractivity contribution in [2.45, 2.75) is 32.6 Å². The minimum absolute atomic E-state index is 0.165. The maximum Gasteiger partial charge on any atom is 0.258 e. The van der Waals surface area contributed by atoms with Crippen molar-refractivity contribution in [3.05, 3.63) is 45.1 Å². The summed E-state index contributed by atoms with van der Waals surface area (Å²) in [6, 6.07) is 5.49. The van der Waals surface area contributed by atoms with E-state index < -0.39 is 0 Å². The van der Waals surface area contributed by atoms with Crippen molar-refractivity contribution in [3.63, 3.8) is 0 Å². The number of benzene rings is 1. The Kier molecular flexibility index (Phi) is 3.94. The van der Waals surface area contributed by atoms with E-state index in [2.05, 4.69) is 15.5 Å². The lowest BCUT2D eigenvalue weighted by molar-refractivity contribution is 0.102. The molecule has 2 aromatic heterocycles. The molecule has 0 atom stereocenters. The van der Waals surface area contributed by atoms with Crippen LogP contribution < -0.4 is 5.32 Å². The average molecular weight is 359 g/mol. The zero-order valence-corrected chi connectivity index (χ0v) is 14.7. The van der Waals surface area contributed by atoms with Gasteiger partial charge in [0.1, 0.15) is 5.01 Å². The van der Waals surface area contributed by atoms with Gasteiger partial charge in [-0.1, -0.05) is 29.9 Å². The normalized spacial score (nSPS) is 13.2. The van der Waals surface area contributed by atoms with Crippen LogP contribution in [0.15, 0.2) is 18.2 Å². The highest BCUT2D eigenvalue weighted by atomic mass is 35.5. The van der Waals surface area contributed by atoms with Crippen LogP contribution >= 0.6 is 22.9 Å². The molecule has 0 bridgehead atoms. The van der Waals surface area contributed by atoms with E-state index in [0.717, 1.165) is 52.9 Å². The molecule has 7 heteroatoms. The predicted octanol–water partition coefficient (Wildman–Crippen LogP) is 4.04. The van der Waals surface area contributed by atoms with Crippen LogP contribution in [0.5, 0.6) is 0 Å². The van der Waals surface area contributed by atoms with Crippen LogP contribution in [-0.4, -0.2) is 21.1 Å². The summed E-state index contributed by atoms with van der Waals surface area (Å²) in [4.78, 5) is 17.7. The van der Waals surface area contributed by atoms with Gasteiger partial charge in [-0.05, 0) is 49.4 Å². The SMILES string of the molecule is CCc1nnc(NC(=O)c2c3c(nc4ccc(Cl)cc24)CCC3)s1. The lowest BCUT2D eigenvalue weighted by atomic mass is 10.0. The van der Waals surface area contributed by atoms with E-state index in [1.165, 1.54) is 11.3 Å². The Bertz CT molecular complexity index is 953. The van der Waals surface area contributed by atoms with Gasteiger partial charge >= 0.3 is 0 Å². The Hall–Kier alpha value is -2.05. The number of nitrogens with zero attached hydrogens (tertiary/aromatic N) is 3. The molecule has 24 heavy (non-hydrogen) atoms. The average Bonchev–Trinajstić information content (AvgIpc) is 3.21. The molecular weight excluding hydrogens is 344 g/mol. The van der Waals surface area contributed by atoms with Gasteiger partial charge in [-0.3, -0.25) is 15.1 Å². The molecule has 1 aromatic carbocycles. The van der Waals surface area contributed by atoms with Gasteiger partial charge < -0.3 is 0 Å². The first-order valence-corrected chi connectivity index (χ1v) is 9.10. The van der Waals surface area contributed by atoms with E-state index in [1.54, 1.807) is 6.07 Å². The summed E-state index contributed by atoms with van der Waals surface area (Å²) in [5, 5.41) is 13.8. The fraction of sp³-hybridized carbons (Fsp3) is 0.294. The highest BCUT2D eigenvalue weighted by Gasteiger charge is 2.24. The number of aryl methyl sites for hydroxylation is 2. The Labute approximate surface area is 148 Å². The molecule has 1 amide bonds. The van der Waals surface area contributed by atoms with E-state index in [0.29, 0.717) is 15.7 Å². The van der Waals surface area contributed by atoms with Crippen molar-refractivity contribution >= 4 is 44.9 Å². The first-order chi connectivity index (χ1) is 11.7. The number of rotatable bonds is 3. The van der Waals surface area contributed by atoms with Gasteiger partial charge in [0.25, 0.3) is 5.91 Å². The van der Waals surface area contributed by atoms with Gasteiger partial charge in [-0.25, -0.2) is 0 Å². The fourth-order valence-corrected chi connectivity index (χ4v) is 3.95. The molecule has 0 unspecified atom stereocenters. The maximum absolute atomic E-state index is 13.0.